The Morgan fingerprint density at radius 1 is 1.42 bits per heavy atom. The molecule has 1 fully saturated rings. The molecule has 6 heteroatoms. The smallest absolute Gasteiger partial charge is 0.271 e. The summed E-state index contributed by atoms with van der Waals surface area (Å²) in [4.78, 5) is 14.7. The van der Waals surface area contributed by atoms with Crippen LogP contribution in [0.5, 0.6) is 0 Å². The lowest BCUT2D eigenvalue weighted by Gasteiger charge is -2.24. The van der Waals surface area contributed by atoms with Crippen LogP contribution < -0.4 is 10.6 Å². The second-order valence-electron chi connectivity index (χ2n) is 4.97. The largest absolute Gasteiger partial charge is 0.397 e. The molecule has 0 amide bonds. The third-order valence-electron chi connectivity index (χ3n) is 3.58. The molecule has 1 aromatic rings. The molecule has 2 N–H and O–H groups in total. The van der Waals surface area contributed by atoms with Crippen molar-refractivity contribution in [3.05, 3.63) is 28.3 Å². The summed E-state index contributed by atoms with van der Waals surface area (Å²) < 4.78 is 0. The molecule has 6 nitrogen and oxygen atoms in total. The summed E-state index contributed by atoms with van der Waals surface area (Å²) in [5.74, 6) is 0. The Morgan fingerprint density at radius 3 is 2.68 bits per heavy atom. The summed E-state index contributed by atoms with van der Waals surface area (Å²) in [5, 5.41) is 10.7. The molecule has 0 aliphatic carbocycles. The molecule has 2 rings (SSSR count). The van der Waals surface area contributed by atoms with Gasteiger partial charge in [0.1, 0.15) is 0 Å². The Bertz CT molecular complexity index is 458. The topological polar surface area (TPSA) is 75.6 Å². The average Bonchev–Trinajstić information content (AvgIpc) is 2.88. The van der Waals surface area contributed by atoms with Crippen LogP contribution in [-0.2, 0) is 0 Å². The molecule has 0 radical (unpaired) electrons. The van der Waals surface area contributed by atoms with Crippen molar-refractivity contribution in [2.75, 3.05) is 43.9 Å². The van der Waals surface area contributed by atoms with Gasteiger partial charge in [-0.25, -0.2) is 0 Å². The molecule has 0 saturated carbocycles. The van der Waals surface area contributed by atoms with Crippen LogP contribution >= 0.6 is 0 Å². The maximum atomic E-state index is 10.7. The minimum absolute atomic E-state index is 0.0363. The monoisotopic (exact) mass is 264 g/mol. The van der Waals surface area contributed by atoms with Crippen LogP contribution in [0.1, 0.15) is 12.8 Å². The Balaban J connectivity index is 1.98. The van der Waals surface area contributed by atoms with Crippen LogP contribution in [0.3, 0.4) is 0 Å². The van der Waals surface area contributed by atoms with Crippen molar-refractivity contribution in [2.24, 2.45) is 0 Å². The first-order valence-corrected chi connectivity index (χ1v) is 6.55. The molecule has 0 atom stereocenters. The maximum absolute atomic E-state index is 10.7. The van der Waals surface area contributed by atoms with Crippen LogP contribution in [-0.4, -0.2) is 43.0 Å². The number of nitro benzene ring substituents is 1. The third-order valence-corrected chi connectivity index (χ3v) is 3.58. The van der Waals surface area contributed by atoms with Gasteiger partial charge in [0.2, 0.25) is 0 Å². The van der Waals surface area contributed by atoms with Crippen molar-refractivity contribution in [1.29, 1.82) is 0 Å². The zero-order valence-corrected chi connectivity index (χ0v) is 11.2. The quantitative estimate of drug-likeness (QED) is 0.498. The second-order valence-corrected chi connectivity index (χ2v) is 4.97. The number of nitrogens with two attached hydrogens (primary N) is 1. The summed E-state index contributed by atoms with van der Waals surface area (Å²) >= 11 is 0. The van der Waals surface area contributed by atoms with Crippen molar-refractivity contribution in [3.8, 4) is 0 Å². The number of likely N-dealkylation sites (N-methyl/N-ethyl adjacent to an activating group) is 1. The van der Waals surface area contributed by atoms with Crippen LogP contribution in [0.25, 0.3) is 0 Å². The number of anilines is 2. The van der Waals surface area contributed by atoms with E-state index < -0.39 is 4.92 Å². The van der Waals surface area contributed by atoms with Crippen LogP contribution in [0, 0.1) is 10.1 Å². The molecule has 19 heavy (non-hydrogen) atoms. The predicted molar refractivity (Wildman–Crippen MR) is 76.5 cm³/mol. The van der Waals surface area contributed by atoms with Gasteiger partial charge in [-0.15, -0.1) is 0 Å². The number of non-ortho nitro benzene ring substituents is 1. The van der Waals surface area contributed by atoms with Gasteiger partial charge in [0.15, 0.2) is 0 Å². The number of benzene rings is 1. The Kier molecular flexibility index (Phi) is 4.21. The SMILES string of the molecule is CN(CCN1CCCC1)c1ccc([N+](=O)[O-])cc1N. The minimum Gasteiger partial charge on any atom is -0.397 e. The molecule has 104 valence electrons. The fraction of sp³-hybridized carbons (Fsp3) is 0.538. The second kappa shape index (κ2) is 5.88. The zero-order chi connectivity index (χ0) is 13.8. The van der Waals surface area contributed by atoms with E-state index in [1.165, 1.54) is 38.1 Å². The lowest BCUT2D eigenvalue weighted by Crippen LogP contribution is -2.31. The summed E-state index contributed by atoms with van der Waals surface area (Å²) in [7, 11) is 1.97. The van der Waals surface area contributed by atoms with Gasteiger partial charge in [-0.2, -0.15) is 0 Å². The number of hydrogen-bond donors (Lipinski definition) is 1. The van der Waals surface area contributed by atoms with E-state index in [1.807, 2.05) is 7.05 Å². The molecule has 1 heterocycles. The van der Waals surface area contributed by atoms with Crippen LogP contribution in [0.2, 0.25) is 0 Å². The van der Waals surface area contributed by atoms with Crippen molar-refractivity contribution in [2.45, 2.75) is 12.8 Å². The van der Waals surface area contributed by atoms with E-state index in [4.69, 9.17) is 5.73 Å². The number of hydrogen-bond acceptors (Lipinski definition) is 5. The predicted octanol–water partition coefficient (Wildman–Crippen LogP) is 1.71. The molecule has 1 aliphatic heterocycles. The molecule has 0 aromatic heterocycles. The first-order valence-electron chi connectivity index (χ1n) is 6.55. The van der Waals surface area contributed by atoms with Gasteiger partial charge >= 0.3 is 0 Å². The van der Waals surface area contributed by atoms with E-state index in [0.29, 0.717) is 5.69 Å². The van der Waals surface area contributed by atoms with Crippen LogP contribution in [0.15, 0.2) is 18.2 Å². The Hall–Kier alpha value is -1.82. The van der Waals surface area contributed by atoms with Crippen molar-refractivity contribution in [3.63, 3.8) is 0 Å². The van der Waals surface area contributed by atoms with Crippen molar-refractivity contribution < 1.29 is 4.92 Å². The highest BCUT2D eigenvalue weighted by atomic mass is 16.6. The van der Waals surface area contributed by atoms with Gasteiger partial charge in [-0.3, -0.25) is 10.1 Å². The standard InChI is InChI=1S/C13H20N4O2/c1-15(8-9-16-6-2-3-7-16)13-5-4-11(17(18)19)10-12(13)14/h4-5,10H,2-3,6-9,14H2,1H3. The normalized spacial score (nSPS) is 15.6. The highest BCUT2D eigenvalue weighted by Gasteiger charge is 2.14. The molecular formula is C13H20N4O2. The van der Waals surface area contributed by atoms with E-state index in [0.717, 1.165) is 18.8 Å². The summed E-state index contributed by atoms with van der Waals surface area (Å²) in [6.07, 6.45) is 2.56. The summed E-state index contributed by atoms with van der Waals surface area (Å²) in [6.45, 7) is 4.22. The lowest BCUT2D eigenvalue weighted by molar-refractivity contribution is -0.384. The number of nitrogen functional groups attached to an aromatic ring is 1. The summed E-state index contributed by atoms with van der Waals surface area (Å²) in [5.41, 5.74) is 7.23. The number of nitro groups is 1. The summed E-state index contributed by atoms with van der Waals surface area (Å²) in [6, 6.07) is 4.64. The first kappa shape index (κ1) is 13.6. The molecular weight excluding hydrogens is 244 g/mol. The van der Waals surface area contributed by atoms with Crippen molar-refractivity contribution >= 4 is 17.1 Å². The highest BCUT2D eigenvalue weighted by Crippen LogP contribution is 2.26. The molecule has 0 bridgehead atoms. The van der Waals surface area contributed by atoms with Gasteiger partial charge in [-0.1, -0.05) is 0 Å². The first-order chi connectivity index (χ1) is 9.08. The molecule has 0 spiro atoms. The molecule has 0 unspecified atom stereocenters. The Labute approximate surface area is 112 Å². The van der Waals surface area contributed by atoms with Gasteiger partial charge in [0, 0.05) is 32.3 Å². The van der Waals surface area contributed by atoms with Crippen LogP contribution in [0.4, 0.5) is 17.1 Å². The zero-order valence-electron chi connectivity index (χ0n) is 11.2. The molecule has 1 aromatic carbocycles. The highest BCUT2D eigenvalue weighted by molar-refractivity contribution is 5.70. The van der Waals surface area contributed by atoms with Gasteiger partial charge in [0.25, 0.3) is 5.69 Å². The van der Waals surface area contributed by atoms with E-state index in [1.54, 1.807) is 6.07 Å². The van der Waals surface area contributed by atoms with Gasteiger partial charge < -0.3 is 15.5 Å². The molecule has 1 saturated heterocycles. The third kappa shape index (κ3) is 3.35. The maximum Gasteiger partial charge on any atom is 0.271 e. The number of nitrogens with zero attached hydrogens (tertiary/aromatic N) is 3. The van der Waals surface area contributed by atoms with E-state index in [2.05, 4.69) is 9.80 Å². The fourth-order valence-corrected chi connectivity index (χ4v) is 2.42. The molecule has 1 aliphatic rings. The lowest BCUT2D eigenvalue weighted by atomic mass is 10.2. The Morgan fingerprint density at radius 2 is 2.11 bits per heavy atom. The van der Waals surface area contributed by atoms with E-state index in [9.17, 15) is 10.1 Å². The van der Waals surface area contributed by atoms with Gasteiger partial charge in [0.05, 0.1) is 16.3 Å². The fourth-order valence-electron chi connectivity index (χ4n) is 2.42. The van der Waals surface area contributed by atoms with E-state index in [-0.39, 0.29) is 5.69 Å². The number of rotatable bonds is 5. The van der Waals surface area contributed by atoms with E-state index >= 15 is 0 Å². The van der Waals surface area contributed by atoms with Gasteiger partial charge in [-0.05, 0) is 32.0 Å². The minimum atomic E-state index is -0.426. The average molecular weight is 264 g/mol. The number of likely N-dealkylation sites (tertiary alicyclic amines) is 1. The van der Waals surface area contributed by atoms with Crippen molar-refractivity contribution in [1.82, 2.24) is 4.90 Å².